The van der Waals surface area contributed by atoms with Gasteiger partial charge in [-0.25, -0.2) is 4.79 Å². The number of nitrogens with zero attached hydrogens (tertiary/aromatic N) is 1. The zero-order valence-electron chi connectivity index (χ0n) is 11.8. The smallest absolute Gasteiger partial charge is 0.334 e. The van der Waals surface area contributed by atoms with Crippen LogP contribution in [0, 0.1) is 6.07 Å². The largest absolute Gasteiger partial charge is 0.779 e. The first-order chi connectivity index (χ1) is 9.50. The molecule has 0 fully saturated rings. The Balaban J connectivity index is 0.000000364. The van der Waals surface area contributed by atoms with Crippen molar-refractivity contribution in [1.82, 2.24) is 4.90 Å². The van der Waals surface area contributed by atoms with E-state index in [1.165, 1.54) is 11.6 Å². The van der Waals surface area contributed by atoms with Crippen LogP contribution in [0.1, 0.15) is 15.9 Å². The Morgan fingerprint density at radius 2 is 1.81 bits per heavy atom. The van der Waals surface area contributed by atoms with Crippen molar-refractivity contribution < 1.29 is 32.3 Å². The number of carboxylic acid groups (broad SMARTS) is 1. The van der Waals surface area contributed by atoms with Gasteiger partial charge >= 0.3 is 5.97 Å². The molecule has 0 atom stereocenters. The molecule has 2 aromatic carbocycles. The van der Waals surface area contributed by atoms with Gasteiger partial charge in [0, 0.05) is 34.5 Å². The second-order valence-electron chi connectivity index (χ2n) is 4.43. The number of hydrogen-bond acceptors (Lipinski definition) is 3. The maximum atomic E-state index is 10.4. The summed E-state index contributed by atoms with van der Waals surface area (Å²) in [5.74, 6) is -0.967. The molecule has 0 aliphatic heterocycles. The molecule has 1 radical (unpaired) electrons. The normalized spacial score (nSPS) is 9.29. The van der Waals surface area contributed by atoms with E-state index in [0.717, 1.165) is 6.54 Å². The minimum Gasteiger partial charge on any atom is -0.779 e. The van der Waals surface area contributed by atoms with E-state index in [9.17, 15) is 4.79 Å². The second-order valence-corrected chi connectivity index (χ2v) is 4.87. The standard InChI is InChI=1S/C9H12N.C7H6O2S.Au/c1-10(2)8-9-6-4-3-5-7-9;8-7(9)5-3-1-2-4-6(5)10;/h3-6H,8H2,1-2H3;1-4,10H,(H,8,9);/q-1;;/p-1. The summed E-state index contributed by atoms with van der Waals surface area (Å²) in [5.41, 5.74) is 1.44. The van der Waals surface area contributed by atoms with E-state index < -0.39 is 5.97 Å². The van der Waals surface area contributed by atoms with Crippen molar-refractivity contribution in [3.63, 3.8) is 0 Å². The molecular weight excluding hydrogens is 467 g/mol. The maximum Gasteiger partial charge on any atom is 0.334 e. The first-order valence-electron chi connectivity index (χ1n) is 6.10. The third-order valence-electron chi connectivity index (χ3n) is 2.38. The van der Waals surface area contributed by atoms with E-state index >= 15 is 0 Å². The summed E-state index contributed by atoms with van der Waals surface area (Å²) in [5, 5.41) is 8.50. The summed E-state index contributed by atoms with van der Waals surface area (Å²) < 4.78 is 0. The zero-order valence-corrected chi connectivity index (χ0v) is 14.8. The summed E-state index contributed by atoms with van der Waals surface area (Å²) in [6.07, 6.45) is 0. The molecule has 0 aromatic heterocycles. The van der Waals surface area contributed by atoms with Crippen molar-refractivity contribution in [2.45, 2.75) is 11.4 Å². The summed E-state index contributed by atoms with van der Waals surface area (Å²) in [6.45, 7) is 0.973. The van der Waals surface area contributed by atoms with Crippen LogP contribution in [0.3, 0.4) is 0 Å². The Morgan fingerprint density at radius 3 is 2.24 bits per heavy atom. The van der Waals surface area contributed by atoms with Crippen LogP contribution in [-0.4, -0.2) is 30.1 Å². The van der Waals surface area contributed by atoms with Crippen LogP contribution in [0.2, 0.25) is 0 Å². The number of carboxylic acids is 1. The Hall–Kier alpha value is -1.17. The van der Waals surface area contributed by atoms with E-state index in [0.29, 0.717) is 4.90 Å². The molecule has 21 heavy (non-hydrogen) atoms. The summed E-state index contributed by atoms with van der Waals surface area (Å²) in [6, 6.07) is 17.7. The Labute approximate surface area is 146 Å². The van der Waals surface area contributed by atoms with Gasteiger partial charge in [0.05, 0.1) is 0 Å². The molecule has 117 valence electrons. The minimum absolute atomic E-state index is 0. The quantitative estimate of drug-likeness (QED) is 0.414. The zero-order chi connectivity index (χ0) is 15.0. The van der Waals surface area contributed by atoms with Crippen LogP contribution in [0.4, 0.5) is 0 Å². The Bertz CT molecular complexity index is 547. The molecule has 0 heterocycles. The molecule has 2 rings (SSSR count). The molecule has 0 aliphatic carbocycles. The number of rotatable bonds is 3. The molecule has 0 saturated carbocycles. The third kappa shape index (κ3) is 7.99. The predicted molar refractivity (Wildman–Crippen MR) is 81.7 cm³/mol. The van der Waals surface area contributed by atoms with Crippen LogP contribution in [-0.2, 0) is 41.6 Å². The molecule has 0 saturated heterocycles. The summed E-state index contributed by atoms with van der Waals surface area (Å²) in [4.78, 5) is 12.9. The maximum absolute atomic E-state index is 10.4. The monoisotopic (exact) mass is 484 g/mol. The van der Waals surface area contributed by atoms with Gasteiger partial charge in [-0.3, -0.25) is 0 Å². The van der Waals surface area contributed by atoms with Gasteiger partial charge in [0.2, 0.25) is 0 Å². The predicted octanol–water partition coefficient (Wildman–Crippen LogP) is 2.84. The number of benzene rings is 2. The number of carbonyl (C=O) groups is 1. The van der Waals surface area contributed by atoms with Crippen molar-refractivity contribution in [2.75, 3.05) is 14.1 Å². The van der Waals surface area contributed by atoms with Gasteiger partial charge in [0.25, 0.3) is 0 Å². The van der Waals surface area contributed by atoms with E-state index in [1.807, 2.05) is 18.2 Å². The molecule has 3 nitrogen and oxygen atoms in total. The molecular formula is C16H17AuNO2S-2. The molecule has 1 N–H and O–H groups in total. The van der Waals surface area contributed by atoms with Crippen LogP contribution < -0.4 is 0 Å². The van der Waals surface area contributed by atoms with Gasteiger partial charge in [0.15, 0.2) is 0 Å². The summed E-state index contributed by atoms with van der Waals surface area (Å²) >= 11 is 4.75. The SMILES string of the molecule is CN(C)Cc1[c-]cccc1.O=C(O)c1ccccc1[S-].[Au]. The van der Waals surface area contributed by atoms with Crippen LogP contribution in [0.25, 0.3) is 0 Å². The fourth-order valence-electron chi connectivity index (χ4n) is 1.51. The van der Waals surface area contributed by atoms with Crippen LogP contribution in [0.5, 0.6) is 0 Å². The van der Waals surface area contributed by atoms with Gasteiger partial charge in [0.1, 0.15) is 0 Å². The first kappa shape index (κ1) is 19.8. The van der Waals surface area contributed by atoms with Gasteiger partial charge < -0.3 is 22.6 Å². The molecule has 5 heteroatoms. The molecule has 0 amide bonds. The van der Waals surface area contributed by atoms with E-state index in [1.54, 1.807) is 18.2 Å². The van der Waals surface area contributed by atoms with Crippen molar-refractivity contribution in [3.05, 3.63) is 65.7 Å². The Morgan fingerprint density at radius 1 is 1.19 bits per heavy atom. The number of aromatic carboxylic acids is 1. The Kier molecular flexibility index (Phi) is 9.95. The van der Waals surface area contributed by atoms with Gasteiger partial charge in [-0.15, -0.1) is 5.56 Å². The third-order valence-corrected chi connectivity index (χ3v) is 2.73. The number of hydrogen-bond donors (Lipinski definition) is 1. The van der Waals surface area contributed by atoms with Crippen molar-refractivity contribution in [1.29, 1.82) is 0 Å². The van der Waals surface area contributed by atoms with Crippen molar-refractivity contribution >= 4 is 18.6 Å². The minimum atomic E-state index is -0.967. The first-order valence-corrected chi connectivity index (χ1v) is 6.51. The summed E-state index contributed by atoms with van der Waals surface area (Å²) in [7, 11) is 4.11. The molecule has 0 unspecified atom stereocenters. The topological polar surface area (TPSA) is 40.5 Å². The van der Waals surface area contributed by atoms with Crippen molar-refractivity contribution in [3.8, 4) is 0 Å². The van der Waals surface area contributed by atoms with E-state index in [-0.39, 0.29) is 27.9 Å². The van der Waals surface area contributed by atoms with Gasteiger partial charge in [-0.05, 0) is 20.2 Å². The molecule has 0 spiro atoms. The molecule has 2 aromatic rings. The van der Waals surface area contributed by atoms with Crippen molar-refractivity contribution in [2.24, 2.45) is 0 Å². The van der Waals surface area contributed by atoms with E-state index in [4.69, 9.17) is 17.7 Å². The average molecular weight is 484 g/mol. The molecule has 0 aliphatic rings. The van der Waals surface area contributed by atoms with Gasteiger partial charge in [-0.1, -0.05) is 18.2 Å². The second kappa shape index (κ2) is 10.5. The fourth-order valence-corrected chi connectivity index (χ4v) is 1.75. The van der Waals surface area contributed by atoms with Crippen LogP contribution >= 0.6 is 0 Å². The van der Waals surface area contributed by atoms with Crippen LogP contribution in [0.15, 0.2) is 53.4 Å². The average Bonchev–Trinajstić information content (AvgIpc) is 2.40. The van der Waals surface area contributed by atoms with Gasteiger partial charge in [-0.2, -0.15) is 35.2 Å². The van der Waals surface area contributed by atoms with E-state index in [2.05, 4.69) is 31.1 Å². The molecule has 0 bridgehead atoms. The fraction of sp³-hybridized carbons (Fsp3) is 0.188.